The molecule has 2 atom stereocenters. The minimum absolute atomic E-state index is 0.0373. The SMILES string of the molecule is CC(N)CC(C)S(C)(=O)=O. The van der Waals surface area contributed by atoms with Crippen LogP contribution < -0.4 is 5.73 Å². The van der Waals surface area contributed by atoms with E-state index in [2.05, 4.69) is 0 Å². The number of hydrogen-bond acceptors (Lipinski definition) is 3. The number of rotatable bonds is 3. The quantitative estimate of drug-likeness (QED) is 0.648. The van der Waals surface area contributed by atoms with E-state index in [1.54, 1.807) is 6.92 Å². The molecule has 4 heteroatoms. The molecule has 0 bridgehead atoms. The van der Waals surface area contributed by atoms with Crippen LogP contribution in [0.3, 0.4) is 0 Å². The normalized spacial score (nSPS) is 18.4. The molecule has 0 saturated heterocycles. The summed E-state index contributed by atoms with van der Waals surface area (Å²) >= 11 is 0. The van der Waals surface area contributed by atoms with E-state index in [0.717, 1.165) is 0 Å². The Bertz CT molecular complexity index is 184. The molecule has 0 aromatic heterocycles. The van der Waals surface area contributed by atoms with Gasteiger partial charge in [-0.1, -0.05) is 0 Å². The zero-order chi connectivity index (χ0) is 8.36. The van der Waals surface area contributed by atoms with Crippen LogP contribution in [-0.2, 0) is 9.84 Å². The van der Waals surface area contributed by atoms with Gasteiger partial charge in [-0.05, 0) is 20.3 Å². The zero-order valence-electron chi connectivity index (χ0n) is 6.66. The van der Waals surface area contributed by atoms with Crippen LogP contribution in [0.5, 0.6) is 0 Å². The molecule has 0 aromatic carbocycles. The van der Waals surface area contributed by atoms with E-state index in [1.807, 2.05) is 6.92 Å². The van der Waals surface area contributed by atoms with E-state index in [0.29, 0.717) is 6.42 Å². The maximum absolute atomic E-state index is 10.8. The number of nitrogens with two attached hydrogens (primary N) is 1. The van der Waals surface area contributed by atoms with Gasteiger partial charge in [-0.3, -0.25) is 0 Å². The first-order chi connectivity index (χ1) is 4.34. The van der Waals surface area contributed by atoms with Gasteiger partial charge in [0.2, 0.25) is 0 Å². The molecular weight excluding hydrogens is 150 g/mol. The second kappa shape index (κ2) is 3.34. The Morgan fingerprint density at radius 2 is 1.80 bits per heavy atom. The highest BCUT2D eigenvalue weighted by molar-refractivity contribution is 7.91. The highest BCUT2D eigenvalue weighted by atomic mass is 32.2. The zero-order valence-corrected chi connectivity index (χ0v) is 7.48. The van der Waals surface area contributed by atoms with Crippen molar-refractivity contribution in [2.75, 3.05) is 6.26 Å². The molecule has 0 aromatic rings. The molecule has 0 aliphatic heterocycles. The van der Waals surface area contributed by atoms with Crippen LogP contribution >= 0.6 is 0 Å². The highest BCUT2D eigenvalue weighted by Crippen LogP contribution is 2.04. The van der Waals surface area contributed by atoms with Gasteiger partial charge in [0.05, 0.1) is 5.25 Å². The molecule has 0 heterocycles. The van der Waals surface area contributed by atoms with E-state index >= 15 is 0 Å². The largest absolute Gasteiger partial charge is 0.328 e. The summed E-state index contributed by atoms with van der Waals surface area (Å²) in [6.07, 6.45) is 1.78. The van der Waals surface area contributed by atoms with Gasteiger partial charge in [0, 0.05) is 12.3 Å². The van der Waals surface area contributed by atoms with E-state index in [4.69, 9.17) is 5.73 Å². The Morgan fingerprint density at radius 3 is 1.90 bits per heavy atom. The van der Waals surface area contributed by atoms with E-state index in [9.17, 15) is 8.42 Å². The summed E-state index contributed by atoms with van der Waals surface area (Å²) in [5.74, 6) is 0. The molecule has 0 aliphatic rings. The van der Waals surface area contributed by atoms with Crippen molar-refractivity contribution in [3.63, 3.8) is 0 Å². The van der Waals surface area contributed by atoms with Gasteiger partial charge in [-0.15, -0.1) is 0 Å². The fourth-order valence-corrected chi connectivity index (χ4v) is 1.35. The minimum Gasteiger partial charge on any atom is -0.328 e. The average molecular weight is 165 g/mol. The Hall–Kier alpha value is -0.0900. The molecule has 0 amide bonds. The standard InChI is InChI=1S/C6H15NO2S/c1-5(7)4-6(2)10(3,8)9/h5-6H,4,7H2,1-3H3. The molecule has 0 saturated carbocycles. The topological polar surface area (TPSA) is 60.2 Å². The lowest BCUT2D eigenvalue weighted by Gasteiger charge is -2.10. The third-order valence-corrected chi connectivity index (χ3v) is 3.09. The summed E-state index contributed by atoms with van der Waals surface area (Å²) < 4.78 is 21.6. The average Bonchev–Trinajstić information content (AvgIpc) is 1.60. The van der Waals surface area contributed by atoms with E-state index < -0.39 is 9.84 Å². The summed E-state index contributed by atoms with van der Waals surface area (Å²) in [6, 6.07) is -0.0373. The highest BCUT2D eigenvalue weighted by Gasteiger charge is 2.15. The van der Waals surface area contributed by atoms with Gasteiger partial charge in [0.25, 0.3) is 0 Å². The monoisotopic (exact) mass is 165 g/mol. The molecule has 0 aliphatic carbocycles. The molecule has 3 nitrogen and oxygen atoms in total. The van der Waals surface area contributed by atoms with Crippen molar-refractivity contribution in [1.29, 1.82) is 0 Å². The number of hydrogen-bond donors (Lipinski definition) is 1. The van der Waals surface area contributed by atoms with Crippen molar-refractivity contribution in [2.24, 2.45) is 5.73 Å². The van der Waals surface area contributed by atoms with Crippen LogP contribution in [0.2, 0.25) is 0 Å². The molecular formula is C6H15NO2S. The Kier molecular flexibility index (Phi) is 3.31. The van der Waals surface area contributed by atoms with Gasteiger partial charge in [0.1, 0.15) is 9.84 Å². The number of sulfone groups is 1. The summed E-state index contributed by atoms with van der Waals surface area (Å²) in [7, 11) is -2.88. The van der Waals surface area contributed by atoms with Crippen molar-refractivity contribution in [1.82, 2.24) is 0 Å². The fourth-order valence-electron chi connectivity index (χ4n) is 0.698. The predicted molar refractivity (Wildman–Crippen MR) is 42.6 cm³/mol. The summed E-state index contributed by atoms with van der Waals surface area (Å²) in [5.41, 5.74) is 5.43. The van der Waals surface area contributed by atoms with Crippen LogP contribution in [0, 0.1) is 0 Å². The molecule has 0 radical (unpaired) electrons. The second-order valence-electron chi connectivity index (χ2n) is 2.85. The van der Waals surface area contributed by atoms with E-state index in [-0.39, 0.29) is 11.3 Å². The first-order valence-corrected chi connectivity index (χ1v) is 5.24. The van der Waals surface area contributed by atoms with Crippen LogP contribution in [0.25, 0.3) is 0 Å². The summed E-state index contributed by atoms with van der Waals surface area (Å²) in [4.78, 5) is 0. The van der Waals surface area contributed by atoms with Gasteiger partial charge < -0.3 is 5.73 Å². The van der Waals surface area contributed by atoms with E-state index in [1.165, 1.54) is 6.26 Å². The second-order valence-corrected chi connectivity index (χ2v) is 5.32. The van der Waals surface area contributed by atoms with Crippen molar-refractivity contribution in [3.8, 4) is 0 Å². The van der Waals surface area contributed by atoms with Crippen LogP contribution in [-0.4, -0.2) is 26.0 Å². The van der Waals surface area contributed by atoms with Gasteiger partial charge in [-0.2, -0.15) is 0 Å². The maximum Gasteiger partial charge on any atom is 0.150 e. The third kappa shape index (κ3) is 3.85. The molecule has 0 fully saturated rings. The lowest BCUT2D eigenvalue weighted by molar-refractivity contribution is 0.568. The van der Waals surface area contributed by atoms with Crippen molar-refractivity contribution < 1.29 is 8.42 Å². The van der Waals surface area contributed by atoms with Gasteiger partial charge in [-0.25, -0.2) is 8.42 Å². The third-order valence-electron chi connectivity index (χ3n) is 1.43. The summed E-state index contributed by atoms with van der Waals surface area (Å²) in [5, 5.41) is -0.313. The van der Waals surface area contributed by atoms with Gasteiger partial charge >= 0.3 is 0 Å². The van der Waals surface area contributed by atoms with Crippen LogP contribution in [0.15, 0.2) is 0 Å². The Labute approximate surface area is 62.5 Å². The summed E-state index contributed by atoms with van der Waals surface area (Å²) in [6.45, 7) is 3.49. The van der Waals surface area contributed by atoms with Crippen molar-refractivity contribution >= 4 is 9.84 Å². The molecule has 2 unspecified atom stereocenters. The van der Waals surface area contributed by atoms with Crippen LogP contribution in [0.1, 0.15) is 20.3 Å². The minimum atomic E-state index is -2.88. The van der Waals surface area contributed by atoms with Gasteiger partial charge in [0.15, 0.2) is 0 Å². The molecule has 0 rings (SSSR count). The first kappa shape index (κ1) is 9.91. The lowest BCUT2D eigenvalue weighted by Crippen LogP contribution is -2.26. The Morgan fingerprint density at radius 1 is 1.40 bits per heavy atom. The Balaban J connectivity index is 3.99. The molecule has 10 heavy (non-hydrogen) atoms. The lowest BCUT2D eigenvalue weighted by atomic mass is 10.2. The smallest absolute Gasteiger partial charge is 0.150 e. The maximum atomic E-state index is 10.8. The first-order valence-electron chi connectivity index (χ1n) is 3.28. The predicted octanol–water partition coefficient (Wildman–Crippen LogP) is 0.157. The van der Waals surface area contributed by atoms with Crippen molar-refractivity contribution in [2.45, 2.75) is 31.6 Å². The molecule has 62 valence electrons. The fraction of sp³-hybridized carbons (Fsp3) is 1.00. The molecule has 2 N–H and O–H groups in total. The molecule has 0 spiro atoms. The van der Waals surface area contributed by atoms with Crippen LogP contribution in [0.4, 0.5) is 0 Å². The van der Waals surface area contributed by atoms with Crippen molar-refractivity contribution in [3.05, 3.63) is 0 Å².